The first-order valence-electron chi connectivity index (χ1n) is 15.9. The van der Waals surface area contributed by atoms with Crippen molar-refractivity contribution in [3.8, 4) is 22.3 Å². The lowest BCUT2D eigenvalue weighted by Crippen LogP contribution is -2.05. The summed E-state index contributed by atoms with van der Waals surface area (Å²) in [5.41, 5.74) is 9.28. The van der Waals surface area contributed by atoms with Gasteiger partial charge in [-0.25, -0.2) is 9.59 Å². The van der Waals surface area contributed by atoms with Gasteiger partial charge in [-0.2, -0.15) is 0 Å². The molecule has 5 rings (SSSR count). The van der Waals surface area contributed by atoms with Crippen molar-refractivity contribution in [3.05, 3.63) is 117 Å². The van der Waals surface area contributed by atoms with Gasteiger partial charge in [-0.1, -0.05) is 60.7 Å². The predicted octanol–water partition coefficient (Wildman–Crippen LogP) is 6.41. The van der Waals surface area contributed by atoms with Crippen LogP contribution in [0, 0.1) is 13.8 Å². The van der Waals surface area contributed by atoms with E-state index in [1.54, 1.807) is 13.8 Å². The minimum absolute atomic E-state index is 0.0597. The Bertz CT molecular complexity index is 1860. The van der Waals surface area contributed by atoms with Crippen LogP contribution in [0.1, 0.15) is 78.8 Å². The molecule has 0 atom stereocenters. The van der Waals surface area contributed by atoms with Gasteiger partial charge in [0, 0.05) is 59.6 Å². The van der Waals surface area contributed by atoms with Gasteiger partial charge in [-0.05, 0) is 60.1 Å². The van der Waals surface area contributed by atoms with E-state index < -0.39 is 23.9 Å². The molecule has 0 aliphatic rings. The number of aromatic nitrogens is 3. The molecule has 49 heavy (non-hydrogen) atoms. The highest BCUT2D eigenvalue weighted by molar-refractivity contribution is 5.90. The van der Waals surface area contributed by atoms with Crippen molar-refractivity contribution in [3.63, 3.8) is 0 Å². The Morgan fingerprint density at radius 2 is 0.939 bits per heavy atom. The number of rotatable bonds is 14. The van der Waals surface area contributed by atoms with Crippen molar-refractivity contribution in [1.29, 1.82) is 0 Å². The average Bonchev–Trinajstić information content (AvgIpc) is 3.73. The number of hydrogen-bond acceptors (Lipinski definition) is 6. The second-order valence-corrected chi connectivity index (χ2v) is 11.8. The molecule has 0 fully saturated rings. The maximum Gasteiger partial charge on any atom is 0.352 e. The number of ether oxygens (including phenoxy) is 2. The van der Waals surface area contributed by atoms with Crippen molar-refractivity contribution in [2.75, 3.05) is 14.2 Å². The van der Waals surface area contributed by atoms with Gasteiger partial charge in [0.25, 0.3) is 0 Å². The molecule has 0 spiro atoms. The highest BCUT2D eigenvalue weighted by Gasteiger charge is 2.27. The summed E-state index contributed by atoms with van der Waals surface area (Å²) in [5, 5.41) is 19.9. The fraction of sp³-hybridized carbons (Fsp3) is 0.263. The highest BCUT2D eigenvalue weighted by Crippen LogP contribution is 2.41. The van der Waals surface area contributed by atoms with Gasteiger partial charge >= 0.3 is 23.9 Å². The summed E-state index contributed by atoms with van der Waals surface area (Å²) in [6.07, 6.45) is 1.33. The quantitative estimate of drug-likeness (QED) is 0.0846. The van der Waals surface area contributed by atoms with Crippen LogP contribution in [-0.4, -0.2) is 63.3 Å². The third-order valence-electron chi connectivity index (χ3n) is 8.96. The summed E-state index contributed by atoms with van der Waals surface area (Å²) >= 11 is 0. The summed E-state index contributed by atoms with van der Waals surface area (Å²) in [7, 11) is 2.64. The van der Waals surface area contributed by atoms with Gasteiger partial charge in [-0.15, -0.1) is 0 Å². The summed E-state index contributed by atoms with van der Waals surface area (Å²) < 4.78 is 9.72. The number of aromatic carboxylic acids is 2. The molecule has 254 valence electrons. The highest BCUT2D eigenvalue weighted by atomic mass is 16.5. The van der Waals surface area contributed by atoms with Crippen LogP contribution in [0.3, 0.4) is 0 Å². The number of H-pyrrole nitrogens is 3. The fourth-order valence-electron chi connectivity index (χ4n) is 6.53. The van der Waals surface area contributed by atoms with Crippen molar-refractivity contribution >= 4 is 23.9 Å². The lowest BCUT2D eigenvalue weighted by Gasteiger charge is -2.11. The van der Waals surface area contributed by atoms with Crippen LogP contribution in [0.5, 0.6) is 0 Å². The van der Waals surface area contributed by atoms with E-state index >= 15 is 0 Å². The van der Waals surface area contributed by atoms with Gasteiger partial charge in [0.05, 0.1) is 14.2 Å². The van der Waals surface area contributed by atoms with Crippen LogP contribution >= 0.6 is 0 Å². The number of nitrogens with one attached hydrogen (secondary N) is 3. The molecule has 0 saturated carbocycles. The number of benzene rings is 2. The van der Waals surface area contributed by atoms with Crippen LogP contribution in [-0.2, 0) is 44.7 Å². The fourth-order valence-corrected chi connectivity index (χ4v) is 6.53. The number of carboxylic acid groups (broad SMARTS) is 2. The first-order valence-corrected chi connectivity index (χ1v) is 15.9. The van der Waals surface area contributed by atoms with E-state index in [1.807, 2.05) is 60.7 Å². The van der Waals surface area contributed by atoms with E-state index in [0.29, 0.717) is 35.4 Å². The Morgan fingerprint density at radius 1 is 0.571 bits per heavy atom. The Morgan fingerprint density at radius 3 is 1.27 bits per heavy atom. The summed E-state index contributed by atoms with van der Waals surface area (Å²) in [4.78, 5) is 58.5. The Hall–Kier alpha value is -5.84. The van der Waals surface area contributed by atoms with Crippen LogP contribution in [0.15, 0.2) is 60.7 Å². The zero-order valence-electron chi connectivity index (χ0n) is 27.9. The number of aromatic amines is 3. The molecule has 0 bridgehead atoms. The largest absolute Gasteiger partial charge is 0.477 e. The second-order valence-electron chi connectivity index (χ2n) is 11.8. The lowest BCUT2D eigenvalue weighted by atomic mass is 9.91. The van der Waals surface area contributed by atoms with Gasteiger partial charge in [0.15, 0.2) is 0 Å². The van der Waals surface area contributed by atoms with E-state index in [2.05, 4.69) is 15.0 Å². The molecule has 11 heteroatoms. The van der Waals surface area contributed by atoms with Crippen molar-refractivity contribution < 1.29 is 38.9 Å². The Kier molecular flexibility index (Phi) is 10.5. The number of hydrogen-bond donors (Lipinski definition) is 5. The number of methoxy groups -OCH3 is 2. The predicted molar refractivity (Wildman–Crippen MR) is 183 cm³/mol. The normalized spacial score (nSPS) is 11.0. The molecule has 2 aromatic carbocycles. The van der Waals surface area contributed by atoms with Gasteiger partial charge < -0.3 is 34.6 Å². The Balaban J connectivity index is 1.72. The SMILES string of the molecule is COC(=O)CCc1c(Cc2[nH]c(Cc3[nH]c(C(=O)O)c(C)c3CCC(=O)OC)c(-c3ccccc3)c2-c2ccccc2)[nH]c(C(=O)O)c1C. The third-order valence-corrected chi connectivity index (χ3v) is 8.96. The topological polar surface area (TPSA) is 175 Å². The molecule has 0 saturated heterocycles. The van der Waals surface area contributed by atoms with Gasteiger partial charge in [0.2, 0.25) is 0 Å². The number of carbonyl (C=O) groups is 4. The molecule has 0 aliphatic heterocycles. The zero-order valence-corrected chi connectivity index (χ0v) is 27.9. The monoisotopic (exact) mass is 665 g/mol. The molecule has 3 aromatic heterocycles. The number of esters is 2. The number of carboxylic acids is 2. The van der Waals surface area contributed by atoms with Crippen LogP contribution in [0.2, 0.25) is 0 Å². The molecular formula is C38H39N3O8. The summed E-state index contributed by atoms with van der Waals surface area (Å²) in [6.45, 7) is 3.46. The van der Waals surface area contributed by atoms with Crippen molar-refractivity contribution in [1.82, 2.24) is 15.0 Å². The first-order chi connectivity index (χ1) is 23.5. The van der Waals surface area contributed by atoms with Crippen LogP contribution in [0.25, 0.3) is 22.3 Å². The standard InChI is InChI=1S/C38H39N3O8/c1-21-25(15-17-31(42)48-3)27(40-35(21)37(44)45)19-29-33(23-11-7-5-8-12-23)34(24-13-9-6-10-14-24)30(39-29)20-28-26(16-18-32(43)49-4)22(2)36(41-28)38(46)47/h5-14,39-41H,15-20H2,1-4H3,(H,44,45)(H,46,47). The molecule has 11 nitrogen and oxygen atoms in total. The van der Waals surface area contributed by atoms with E-state index in [9.17, 15) is 29.4 Å². The molecule has 0 radical (unpaired) electrons. The molecule has 0 aliphatic carbocycles. The number of carbonyl (C=O) groups excluding carboxylic acids is 2. The van der Waals surface area contributed by atoms with Gasteiger partial charge in [0.1, 0.15) is 11.4 Å². The third kappa shape index (κ3) is 7.35. The summed E-state index contributed by atoms with van der Waals surface area (Å²) in [6, 6.07) is 19.7. The van der Waals surface area contributed by atoms with E-state index in [-0.39, 0.29) is 37.1 Å². The maximum atomic E-state index is 12.2. The minimum Gasteiger partial charge on any atom is -0.477 e. The van der Waals surface area contributed by atoms with E-state index in [1.165, 1.54) is 14.2 Å². The lowest BCUT2D eigenvalue weighted by molar-refractivity contribution is -0.141. The first kappa shape index (κ1) is 34.5. The van der Waals surface area contributed by atoms with Crippen molar-refractivity contribution in [2.45, 2.75) is 52.4 Å². The maximum absolute atomic E-state index is 12.2. The Labute approximate surface area is 283 Å². The zero-order chi connectivity index (χ0) is 35.2. The smallest absolute Gasteiger partial charge is 0.352 e. The molecule has 3 heterocycles. The molecule has 0 amide bonds. The molecule has 0 unspecified atom stereocenters. The average molecular weight is 666 g/mol. The minimum atomic E-state index is -1.10. The van der Waals surface area contributed by atoms with Gasteiger partial charge in [-0.3, -0.25) is 9.59 Å². The summed E-state index contributed by atoms with van der Waals surface area (Å²) in [5.74, 6) is -2.99. The second kappa shape index (κ2) is 14.9. The van der Waals surface area contributed by atoms with Crippen molar-refractivity contribution in [2.24, 2.45) is 0 Å². The molecular weight excluding hydrogens is 626 g/mol. The van der Waals surface area contributed by atoms with Crippen LogP contribution in [0.4, 0.5) is 0 Å². The van der Waals surface area contributed by atoms with Crippen LogP contribution < -0.4 is 0 Å². The molecule has 5 N–H and O–H groups in total. The molecule has 5 aromatic rings. The van der Waals surface area contributed by atoms with E-state index in [4.69, 9.17) is 9.47 Å². The van der Waals surface area contributed by atoms with E-state index in [0.717, 1.165) is 44.8 Å².